The van der Waals surface area contributed by atoms with E-state index in [-0.39, 0.29) is 5.91 Å². The van der Waals surface area contributed by atoms with Gasteiger partial charge in [-0.05, 0) is 18.9 Å². The Balaban J connectivity index is 1.84. The lowest BCUT2D eigenvalue weighted by molar-refractivity contribution is -0.115. The highest BCUT2D eigenvalue weighted by atomic mass is 16.1. The van der Waals surface area contributed by atoms with E-state index in [1.54, 1.807) is 6.20 Å². The molecular weight excluding hydrogens is 264 g/mol. The molecule has 1 heterocycles. The van der Waals surface area contributed by atoms with Crippen LogP contribution in [0.15, 0.2) is 42.7 Å². The van der Waals surface area contributed by atoms with Crippen molar-refractivity contribution in [2.45, 2.75) is 32.9 Å². The molecule has 0 radical (unpaired) electrons. The van der Waals surface area contributed by atoms with E-state index < -0.39 is 0 Å². The Hall–Kier alpha value is -2.14. The van der Waals surface area contributed by atoms with Crippen molar-refractivity contribution >= 4 is 11.6 Å². The molecule has 0 fully saturated rings. The minimum absolute atomic E-state index is 0.0467. The van der Waals surface area contributed by atoms with Crippen LogP contribution in [0.2, 0.25) is 0 Å². The van der Waals surface area contributed by atoms with Crippen molar-refractivity contribution in [1.82, 2.24) is 15.1 Å². The number of aromatic nitrogens is 2. The summed E-state index contributed by atoms with van der Waals surface area (Å²) in [6, 6.07) is 10.4. The fourth-order valence-electron chi connectivity index (χ4n) is 1.90. The lowest BCUT2D eigenvalue weighted by atomic mass is 10.2. The molecule has 0 aliphatic rings. The van der Waals surface area contributed by atoms with Gasteiger partial charge in [0.05, 0.1) is 25.0 Å². The zero-order chi connectivity index (χ0) is 15.1. The molecule has 1 aromatic carbocycles. The van der Waals surface area contributed by atoms with Crippen LogP contribution in [0.5, 0.6) is 0 Å². The Kier molecular flexibility index (Phi) is 5.51. The van der Waals surface area contributed by atoms with Crippen LogP contribution in [0.1, 0.15) is 25.8 Å². The molecule has 21 heavy (non-hydrogen) atoms. The number of benzene rings is 1. The summed E-state index contributed by atoms with van der Waals surface area (Å²) in [5.41, 5.74) is 1.90. The Morgan fingerprint density at radius 2 is 2.10 bits per heavy atom. The van der Waals surface area contributed by atoms with Crippen LogP contribution in [0.3, 0.4) is 0 Å². The van der Waals surface area contributed by atoms with Crippen LogP contribution in [0, 0.1) is 0 Å². The van der Waals surface area contributed by atoms with Crippen LogP contribution in [0.25, 0.3) is 0 Å². The van der Waals surface area contributed by atoms with Crippen LogP contribution in [0.4, 0.5) is 5.69 Å². The molecule has 1 unspecified atom stereocenters. The molecule has 2 aromatic rings. The van der Waals surface area contributed by atoms with Crippen LogP contribution in [-0.2, 0) is 11.3 Å². The van der Waals surface area contributed by atoms with Gasteiger partial charge in [0, 0.05) is 12.2 Å². The summed E-state index contributed by atoms with van der Waals surface area (Å²) >= 11 is 0. The highest BCUT2D eigenvalue weighted by molar-refractivity contribution is 5.91. The van der Waals surface area contributed by atoms with Crippen molar-refractivity contribution < 1.29 is 4.79 Å². The van der Waals surface area contributed by atoms with E-state index in [0.29, 0.717) is 19.1 Å². The summed E-state index contributed by atoms with van der Waals surface area (Å²) in [5.74, 6) is -0.0467. The monoisotopic (exact) mass is 286 g/mol. The molecule has 0 saturated heterocycles. The first-order chi connectivity index (χ1) is 10.2. The van der Waals surface area contributed by atoms with E-state index in [9.17, 15) is 4.79 Å². The fourth-order valence-corrected chi connectivity index (χ4v) is 1.90. The highest BCUT2D eigenvalue weighted by Gasteiger charge is 2.06. The first-order valence-corrected chi connectivity index (χ1v) is 7.27. The van der Waals surface area contributed by atoms with Gasteiger partial charge in [-0.2, -0.15) is 5.10 Å². The quantitative estimate of drug-likeness (QED) is 0.821. The minimum atomic E-state index is -0.0467. The standard InChI is InChI=1S/C16H22N4O/c1-3-13(2)17-10-16(21)19-15-9-18-20(12-15)11-14-7-5-4-6-8-14/h4-9,12-13,17H,3,10-11H2,1-2H3,(H,19,21). The SMILES string of the molecule is CCC(C)NCC(=O)Nc1cnn(Cc2ccccc2)c1. The summed E-state index contributed by atoms with van der Waals surface area (Å²) < 4.78 is 1.81. The van der Waals surface area contributed by atoms with Crippen molar-refractivity contribution in [3.05, 3.63) is 48.3 Å². The number of hydrogen-bond acceptors (Lipinski definition) is 3. The van der Waals surface area contributed by atoms with Gasteiger partial charge in [-0.15, -0.1) is 0 Å². The molecule has 0 aliphatic carbocycles. The van der Waals surface area contributed by atoms with Crippen LogP contribution < -0.4 is 10.6 Å². The normalized spacial score (nSPS) is 12.1. The topological polar surface area (TPSA) is 59.0 Å². The van der Waals surface area contributed by atoms with Crippen LogP contribution >= 0.6 is 0 Å². The van der Waals surface area contributed by atoms with Gasteiger partial charge < -0.3 is 10.6 Å². The number of rotatable bonds is 7. The number of anilines is 1. The molecule has 1 atom stereocenters. The third kappa shape index (κ3) is 5.04. The fraction of sp³-hybridized carbons (Fsp3) is 0.375. The van der Waals surface area contributed by atoms with Gasteiger partial charge in [-0.25, -0.2) is 0 Å². The highest BCUT2D eigenvalue weighted by Crippen LogP contribution is 2.07. The van der Waals surface area contributed by atoms with Gasteiger partial charge in [0.2, 0.25) is 5.91 Å². The number of nitrogens with one attached hydrogen (secondary N) is 2. The molecule has 0 bridgehead atoms. The summed E-state index contributed by atoms with van der Waals surface area (Å²) in [6.45, 7) is 5.16. The first-order valence-electron chi connectivity index (χ1n) is 7.27. The molecule has 5 heteroatoms. The third-order valence-corrected chi connectivity index (χ3v) is 3.33. The molecule has 112 valence electrons. The van der Waals surface area contributed by atoms with E-state index in [1.165, 1.54) is 5.56 Å². The van der Waals surface area contributed by atoms with Crippen LogP contribution in [-0.4, -0.2) is 28.3 Å². The van der Waals surface area contributed by atoms with E-state index in [4.69, 9.17) is 0 Å². The van der Waals surface area contributed by atoms with Gasteiger partial charge in [0.25, 0.3) is 0 Å². The lowest BCUT2D eigenvalue weighted by Gasteiger charge is -2.10. The molecular formula is C16H22N4O. The maximum absolute atomic E-state index is 11.8. The van der Waals surface area contributed by atoms with Gasteiger partial charge in [-0.1, -0.05) is 37.3 Å². The van der Waals surface area contributed by atoms with E-state index in [1.807, 2.05) is 29.1 Å². The molecule has 1 amide bonds. The minimum Gasteiger partial charge on any atom is -0.322 e. The molecule has 2 rings (SSSR count). The van der Waals surface area contributed by atoms with Crippen molar-refractivity contribution in [1.29, 1.82) is 0 Å². The number of carbonyl (C=O) groups excluding carboxylic acids is 1. The molecule has 1 aromatic heterocycles. The van der Waals surface area contributed by atoms with Crippen molar-refractivity contribution in [2.24, 2.45) is 0 Å². The molecule has 0 aliphatic heterocycles. The summed E-state index contributed by atoms with van der Waals surface area (Å²) in [4.78, 5) is 11.8. The van der Waals surface area contributed by atoms with E-state index >= 15 is 0 Å². The lowest BCUT2D eigenvalue weighted by Crippen LogP contribution is -2.33. The van der Waals surface area contributed by atoms with Crippen molar-refractivity contribution in [2.75, 3.05) is 11.9 Å². The largest absolute Gasteiger partial charge is 0.322 e. The predicted molar refractivity (Wildman–Crippen MR) is 84.2 cm³/mol. The van der Waals surface area contributed by atoms with E-state index in [2.05, 4.69) is 41.7 Å². The molecule has 0 spiro atoms. The van der Waals surface area contributed by atoms with Gasteiger partial charge in [0.1, 0.15) is 0 Å². The zero-order valence-electron chi connectivity index (χ0n) is 12.5. The smallest absolute Gasteiger partial charge is 0.238 e. The maximum atomic E-state index is 11.8. The first kappa shape index (κ1) is 15.3. The van der Waals surface area contributed by atoms with Gasteiger partial charge in [-0.3, -0.25) is 9.48 Å². The Morgan fingerprint density at radius 1 is 1.33 bits per heavy atom. The number of hydrogen-bond donors (Lipinski definition) is 2. The zero-order valence-corrected chi connectivity index (χ0v) is 12.5. The maximum Gasteiger partial charge on any atom is 0.238 e. The van der Waals surface area contributed by atoms with Crippen molar-refractivity contribution in [3.8, 4) is 0 Å². The number of carbonyl (C=O) groups is 1. The number of nitrogens with zero attached hydrogens (tertiary/aromatic N) is 2. The van der Waals surface area contributed by atoms with Gasteiger partial charge in [0.15, 0.2) is 0 Å². The predicted octanol–water partition coefficient (Wildman–Crippen LogP) is 2.26. The second-order valence-corrected chi connectivity index (χ2v) is 5.15. The average Bonchev–Trinajstić information content (AvgIpc) is 2.92. The van der Waals surface area contributed by atoms with Gasteiger partial charge >= 0.3 is 0 Å². The molecule has 0 saturated carbocycles. The summed E-state index contributed by atoms with van der Waals surface area (Å²) in [6.07, 6.45) is 4.51. The second-order valence-electron chi connectivity index (χ2n) is 5.15. The Bertz CT molecular complexity index is 565. The average molecular weight is 286 g/mol. The summed E-state index contributed by atoms with van der Waals surface area (Å²) in [5, 5.41) is 10.3. The Labute approximate surface area is 125 Å². The third-order valence-electron chi connectivity index (χ3n) is 3.33. The summed E-state index contributed by atoms with van der Waals surface area (Å²) in [7, 11) is 0. The van der Waals surface area contributed by atoms with Crippen molar-refractivity contribution in [3.63, 3.8) is 0 Å². The second kappa shape index (κ2) is 7.59. The van der Waals surface area contributed by atoms with E-state index in [0.717, 1.165) is 12.1 Å². The molecule has 5 nitrogen and oxygen atoms in total. The number of amides is 1. The molecule has 2 N–H and O–H groups in total. The Morgan fingerprint density at radius 3 is 2.81 bits per heavy atom.